The van der Waals surface area contributed by atoms with Crippen LogP contribution >= 0.6 is 0 Å². The average molecular weight is 251 g/mol. The maximum absolute atomic E-state index is 13.3. The fraction of sp³-hybridized carbons (Fsp3) is 0.500. The zero-order chi connectivity index (χ0) is 13.1. The Labute approximate surface area is 107 Å². The van der Waals surface area contributed by atoms with Crippen LogP contribution in [0.15, 0.2) is 18.2 Å². The molecule has 2 rings (SSSR count). The molecule has 0 saturated carbocycles. The van der Waals surface area contributed by atoms with Gasteiger partial charge in [0.15, 0.2) is 0 Å². The summed E-state index contributed by atoms with van der Waals surface area (Å²) in [5, 5.41) is 0. The molecule has 1 aromatic carbocycles. The summed E-state index contributed by atoms with van der Waals surface area (Å²) in [5.41, 5.74) is 0.312. The minimum Gasteiger partial charge on any atom is -0.496 e. The molecule has 0 radical (unpaired) electrons. The molecular formula is C14H18FNO2. The molecule has 0 bridgehead atoms. The molecule has 4 heteroatoms. The maximum atomic E-state index is 13.3. The predicted molar refractivity (Wildman–Crippen MR) is 67.3 cm³/mol. The smallest absolute Gasteiger partial charge is 0.257 e. The van der Waals surface area contributed by atoms with Gasteiger partial charge in [-0.3, -0.25) is 4.79 Å². The number of benzene rings is 1. The third-order valence-electron chi connectivity index (χ3n) is 3.34. The molecule has 98 valence electrons. The highest BCUT2D eigenvalue weighted by molar-refractivity contribution is 5.97. The Morgan fingerprint density at radius 3 is 2.94 bits per heavy atom. The van der Waals surface area contributed by atoms with Gasteiger partial charge in [0.1, 0.15) is 11.6 Å². The normalized spacial score (nSPS) is 19.7. The molecule has 1 fully saturated rings. The van der Waals surface area contributed by atoms with E-state index in [0.29, 0.717) is 17.2 Å². The number of carbonyl (C=O) groups is 1. The van der Waals surface area contributed by atoms with Crippen LogP contribution in [0.5, 0.6) is 5.75 Å². The number of methoxy groups -OCH3 is 1. The standard InChI is InChI=1S/C14H18FNO2/c1-10-4-3-7-16(9-10)14(17)12-8-11(15)5-6-13(12)18-2/h5-6,8,10H,3-4,7,9H2,1-2H3. The van der Waals surface area contributed by atoms with Gasteiger partial charge < -0.3 is 9.64 Å². The summed E-state index contributed by atoms with van der Waals surface area (Å²) in [7, 11) is 1.49. The maximum Gasteiger partial charge on any atom is 0.257 e. The molecule has 1 atom stereocenters. The van der Waals surface area contributed by atoms with E-state index in [2.05, 4.69) is 6.92 Å². The number of amides is 1. The summed E-state index contributed by atoms with van der Waals surface area (Å²) in [4.78, 5) is 14.1. The van der Waals surface area contributed by atoms with Crippen LogP contribution in [0.25, 0.3) is 0 Å². The van der Waals surface area contributed by atoms with E-state index in [-0.39, 0.29) is 5.91 Å². The third-order valence-corrected chi connectivity index (χ3v) is 3.34. The molecule has 1 heterocycles. The Bertz CT molecular complexity index is 447. The lowest BCUT2D eigenvalue weighted by molar-refractivity contribution is 0.0679. The van der Waals surface area contributed by atoms with E-state index >= 15 is 0 Å². The van der Waals surface area contributed by atoms with E-state index in [0.717, 1.165) is 25.9 Å². The topological polar surface area (TPSA) is 29.5 Å². The SMILES string of the molecule is COc1ccc(F)cc1C(=O)N1CCCC(C)C1. The Kier molecular flexibility index (Phi) is 3.84. The van der Waals surface area contributed by atoms with Crippen LogP contribution in [0.3, 0.4) is 0 Å². The van der Waals surface area contributed by atoms with Gasteiger partial charge in [-0.2, -0.15) is 0 Å². The van der Waals surface area contributed by atoms with E-state index in [1.54, 1.807) is 4.90 Å². The first-order valence-corrected chi connectivity index (χ1v) is 6.24. The molecule has 3 nitrogen and oxygen atoms in total. The van der Waals surface area contributed by atoms with Crippen molar-refractivity contribution in [3.63, 3.8) is 0 Å². The number of rotatable bonds is 2. The summed E-state index contributed by atoms with van der Waals surface area (Å²) in [6.45, 7) is 3.60. The Morgan fingerprint density at radius 1 is 1.50 bits per heavy atom. The Hall–Kier alpha value is -1.58. The van der Waals surface area contributed by atoms with Crippen molar-refractivity contribution in [2.24, 2.45) is 5.92 Å². The van der Waals surface area contributed by atoms with Crippen molar-refractivity contribution >= 4 is 5.91 Å². The molecule has 1 unspecified atom stereocenters. The van der Waals surface area contributed by atoms with E-state index < -0.39 is 5.82 Å². The molecule has 1 aromatic rings. The molecule has 18 heavy (non-hydrogen) atoms. The van der Waals surface area contributed by atoms with Crippen LogP contribution in [0.1, 0.15) is 30.1 Å². The van der Waals surface area contributed by atoms with Gasteiger partial charge in [0.2, 0.25) is 0 Å². The summed E-state index contributed by atoms with van der Waals surface area (Å²) >= 11 is 0. The van der Waals surface area contributed by atoms with E-state index in [4.69, 9.17) is 4.74 Å². The van der Waals surface area contributed by atoms with Crippen LogP contribution < -0.4 is 4.74 Å². The number of likely N-dealkylation sites (tertiary alicyclic amines) is 1. The van der Waals surface area contributed by atoms with Crippen molar-refractivity contribution in [3.05, 3.63) is 29.6 Å². The minimum atomic E-state index is -0.413. The van der Waals surface area contributed by atoms with E-state index in [9.17, 15) is 9.18 Å². The first kappa shape index (κ1) is 12.9. The number of hydrogen-bond acceptors (Lipinski definition) is 2. The lowest BCUT2D eigenvalue weighted by Gasteiger charge is -2.31. The Morgan fingerprint density at radius 2 is 2.28 bits per heavy atom. The lowest BCUT2D eigenvalue weighted by atomic mass is 9.99. The lowest BCUT2D eigenvalue weighted by Crippen LogP contribution is -2.39. The molecule has 1 aliphatic heterocycles. The first-order chi connectivity index (χ1) is 8.61. The number of hydrogen-bond donors (Lipinski definition) is 0. The van der Waals surface area contributed by atoms with Crippen LogP contribution in [0.4, 0.5) is 4.39 Å². The molecule has 0 spiro atoms. The minimum absolute atomic E-state index is 0.141. The summed E-state index contributed by atoms with van der Waals surface area (Å²) < 4.78 is 18.4. The molecule has 0 aliphatic carbocycles. The molecule has 0 aromatic heterocycles. The molecular weight excluding hydrogens is 233 g/mol. The van der Waals surface area contributed by atoms with Crippen molar-refractivity contribution in [1.29, 1.82) is 0 Å². The molecule has 1 amide bonds. The van der Waals surface area contributed by atoms with Gasteiger partial charge in [-0.05, 0) is 37.0 Å². The summed E-state index contributed by atoms with van der Waals surface area (Å²) in [5.74, 6) is 0.379. The van der Waals surface area contributed by atoms with Gasteiger partial charge >= 0.3 is 0 Å². The third kappa shape index (κ3) is 2.63. The van der Waals surface area contributed by atoms with Gasteiger partial charge in [0, 0.05) is 13.1 Å². The van der Waals surface area contributed by atoms with Crippen molar-refractivity contribution in [1.82, 2.24) is 4.90 Å². The molecule has 1 aliphatic rings. The van der Waals surface area contributed by atoms with Crippen molar-refractivity contribution in [3.8, 4) is 5.75 Å². The van der Waals surface area contributed by atoms with E-state index in [1.807, 2.05) is 0 Å². The number of halogens is 1. The zero-order valence-electron chi connectivity index (χ0n) is 10.8. The van der Waals surface area contributed by atoms with Crippen molar-refractivity contribution in [2.45, 2.75) is 19.8 Å². The second kappa shape index (κ2) is 5.38. The van der Waals surface area contributed by atoms with Gasteiger partial charge in [-0.1, -0.05) is 6.92 Å². The fourth-order valence-corrected chi connectivity index (χ4v) is 2.39. The quantitative estimate of drug-likeness (QED) is 0.808. The zero-order valence-corrected chi connectivity index (χ0v) is 10.8. The van der Waals surface area contributed by atoms with Gasteiger partial charge in [-0.15, -0.1) is 0 Å². The number of nitrogens with zero attached hydrogens (tertiary/aromatic N) is 1. The van der Waals surface area contributed by atoms with Gasteiger partial charge in [0.25, 0.3) is 5.91 Å². The van der Waals surface area contributed by atoms with Gasteiger partial charge in [0.05, 0.1) is 12.7 Å². The van der Waals surface area contributed by atoms with Crippen molar-refractivity contribution in [2.75, 3.05) is 20.2 Å². The highest BCUT2D eigenvalue weighted by Crippen LogP contribution is 2.24. The molecule has 1 saturated heterocycles. The monoisotopic (exact) mass is 251 g/mol. The average Bonchev–Trinajstić information content (AvgIpc) is 2.38. The molecule has 0 N–H and O–H groups in total. The largest absolute Gasteiger partial charge is 0.496 e. The van der Waals surface area contributed by atoms with Crippen LogP contribution in [-0.2, 0) is 0 Å². The number of carbonyl (C=O) groups excluding carboxylic acids is 1. The first-order valence-electron chi connectivity index (χ1n) is 6.24. The Balaban J connectivity index is 2.24. The van der Waals surface area contributed by atoms with Crippen LogP contribution in [0, 0.1) is 11.7 Å². The number of ether oxygens (including phenoxy) is 1. The van der Waals surface area contributed by atoms with Crippen molar-refractivity contribution < 1.29 is 13.9 Å². The predicted octanol–water partition coefficient (Wildman–Crippen LogP) is 2.71. The van der Waals surface area contributed by atoms with Gasteiger partial charge in [-0.25, -0.2) is 4.39 Å². The second-order valence-corrected chi connectivity index (χ2v) is 4.84. The fourth-order valence-electron chi connectivity index (χ4n) is 2.39. The van der Waals surface area contributed by atoms with Crippen LogP contribution in [0.2, 0.25) is 0 Å². The second-order valence-electron chi connectivity index (χ2n) is 4.84. The highest BCUT2D eigenvalue weighted by Gasteiger charge is 2.24. The summed E-state index contributed by atoms with van der Waals surface area (Å²) in [6.07, 6.45) is 2.15. The summed E-state index contributed by atoms with van der Waals surface area (Å²) in [6, 6.07) is 4.05. The van der Waals surface area contributed by atoms with E-state index in [1.165, 1.54) is 25.3 Å². The highest BCUT2D eigenvalue weighted by atomic mass is 19.1. The number of piperidine rings is 1. The van der Waals surface area contributed by atoms with Crippen LogP contribution in [-0.4, -0.2) is 31.0 Å².